The first-order valence-electron chi connectivity index (χ1n) is 6.64. The zero-order valence-corrected chi connectivity index (χ0v) is 12.4. The van der Waals surface area contributed by atoms with Crippen LogP contribution in [0.15, 0.2) is 18.5 Å². The lowest BCUT2D eigenvalue weighted by molar-refractivity contribution is -0.154. The van der Waals surface area contributed by atoms with E-state index in [1.54, 1.807) is 19.2 Å². The van der Waals surface area contributed by atoms with Gasteiger partial charge in [-0.2, -0.15) is 0 Å². The molecule has 0 aliphatic carbocycles. The Hall–Kier alpha value is -1.91. The second kappa shape index (κ2) is 7.03. The fourth-order valence-electron chi connectivity index (χ4n) is 1.59. The number of carbonyl (C=O) groups is 2. The highest BCUT2D eigenvalue weighted by Crippen LogP contribution is 2.11. The second-order valence-electron chi connectivity index (χ2n) is 5.39. The molecule has 1 rings (SSSR count). The van der Waals surface area contributed by atoms with Gasteiger partial charge in [0.2, 0.25) is 0 Å². The van der Waals surface area contributed by atoms with Crippen LogP contribution in [0.4, 0.5) is 0 Å². The van der Waals surface area contributed by atoms with Gasteiger partial charge in [-0.15, -0.1) is 0 Å². The minimum absolute atomic E-state index is 0.255. The first-order valence-corrected chi connectivity index (χ1v) is 6.64. The van der Waals surface area contributed by atoms with Gasteiger partial charge < -0.3 is 9.47 Å². The summed E-state index contributed by atoms with van der Waals surface area (Å²) in [5.41, 5.74) is 0.720. The van der Waals surface area contributed by atoms with E-state index in [0.717, 1.165) is 5.56 Å². The van der Waals surface area contributed by atoms with Gasteiger partial charge in [-0.25, -0.2) is 4.79 Å². The van der Waals surface area contributed by atoms with Gasteiger partial charge in [-0.1, -0.05) is 0 Å². The van der Waals surface area contributed by atoms with Crippen LogP contribution in [0.1, 0.15) is 50.0 Å². The van der Waals surface area contributed by atoms with Crippen molar-refractivity contribution < 1.29 is 19.1 Å². The molecule has 0 atom stereocenters. The highest BCUT2D eigenvalue weighted by molar-refractivity contribution is 5.89. The quantitative estimate of drug-likeness (QED) is 0.775. The van der Waals surface area contributed by atoms with Gasteiger partial charge in [0.1, 0.15) is 5.60 Å². The smallest absolute Gasteiger partial charge is 0.339 e. The van der Waals surface area contributed by atoms with Crippen LogP contribution in [0, 0.1) is 0 Å². The zero-order chi connectivity index (χ0) is 15.2. The summed E-state index contributed by atoms with van der Waals surface area (Å²) >= 11 is 0. The van der Waals surface area contributed by atoms with E-state index in [1.165, 1.54) is 6.20 Å². The van der Waals surface area contributed by atoms with Gasteiger partial charge in [-0.05, 0) is 45.7 Å². The number of esters is 2. The molecule has 0 fully saturated rings. The first-order chi connectivity index (χ1) is 9.31. The van der Waals surface area contributed by atoms with Crippen molar-refractivity contribution in [1.82, 2.24) is 4.98 Å². The monoisotopic (exact) mass is 279 g/mol. The average molecular weight is 279 g/mol. The Morgan fingerprint density at radius 1 is 1.25 bits per heavy atom. The summed E-state index contributed by atoms with van der Waals surface area (Å²) in [5, 5.41) is 0. The lowest BCUT2D eigenvalue weighted by Crippen LogP contribution is -2.24. The molecule has 5 heteroatoms. The van der Waals surface area contributed by atoms with Crippen molar-refractivity contribution in [1.29, 1.82) is 0 Å². The molecule has 0 aliphatic rings. The second-order valence-corrected chi connectivity index (χ2v) is 5.39. The van der Waals surface area contributed by atoms with Crippen molar-refractivity contribution in [3.8, 4) is 0 Å². The van der Waals surface area contributed by atoms with Crippen LogP contribution < -0.4 is 0 Å². The van der Waals surface area contributed by atoms with Gasteiger partial charge in [0.05, 0.1) is 12.2 Å². The largest absolute Gasteiger partial charge is 0.462 e. The molecule has 20 heavy (non-hydrogen) atoms. The predicted molar refractivity (Wildman–Crippen MR) is 74.4 cm³/mol. The molecule has 0 saturated carbocycles. The predicted octanol–water partition coefficient (Wildman–Crippen LogP) is 2.53. The maximum atomic E-state index is 11.6. The van der Waals surface area contributed by atoms with Crippen molar-refractivity contribution in [2.75, 3.05) is 6.61 Å². The van der Waals surface area contributed by atoms with E-state index in [1.807, 2.05) is 20.8 Å². The molecule has 1 aromatic rings. The van der Waals surface area contributed by atoms with Crippen LogP contribution >= 0.6 is 0 Å². The van der Waals surface area contributed by atoms with Crippen molar-refractivity contribution in [2.45, 2.75) is 46.1 Å². The van der Waals surface area contributed by atoms with E-state index in [4.69, 9.17) is 9.47 Å². The van der Waals surface area contributed by atoms with E-state index in [-0.39, 0.29) is 12.4 Å². The van der Waals surface area contributed by atoms with Gasteiger partial charge in [-0.3, -0.25) is 9.78 Å². The van der Waals surface area contributed by atoms with Gasteiger partial charge >= 0.3 is 11.9 Å². The van der Waals surface area contributed by atoms with Gasteiger partial charge in [0.25, 0.3) is 0 Å². The average Bonchev–Trinajstić information content (AvgIpc) is 2.35. The fourth-order valence-corrected chi connectivity index (χ4v) is 1.59. The SMILES string of the molecule is CCOC(=O)c1cncc(CCC(=O)OC(C)(C)C)c1. The van der Waals surface area contributed by atoms with Gasteiger partial charge in [0.15, 0.2) is 0 Å². The van der Waals surface area contributed by atoms with Gasteiger partial charge in [0, 0.05) is 18.8 Å². The molecule has 0 aromatic carbocycles. The number of rotatable bonds is 5. The molecule has 0 radical (unpaired) electrons. The highest BCUT2D eigenvalue weighted by Gasteiger charge is 2.16. The summed E-state index contributed by atoms with van der Waals surface area (Å²) in [7, 11) is 0. The third-order valence-corrected chi connectivity index (χ3v) is 2.34. The Labute approximate surface area is 119 Å². The minimum atomic E-state index is -0.484. The first kappa shape index (κ1) is 16.1. The number of hydrogen-bond donors (Lipinski definition) is 0. The zero-order valence-electron chi connectivity index (χ0n) is 12.4. The molecule has 0 saturated heterocycles. The lowest BCUT2D eigenvalue weighted by Gasteiger charge is -2.19. The van der Waals surface area contributed by atoms with E-state index < -0.39 is 11.6 Å². The number of carbonyl (C=O) groups excluding carboxylic acids is 2. The Morgan fingerprint density at radius 2 is 1.95 bits per heavy atom. The number of hydrogen-bond acceptors (Lipinski definition) is 5. The summed E-state index contributed by atoms with van der Waals surface area (Å²) in [5.74, 6) is -0.668. The Morgan fingerprint density at radius 3 is 2.55 bits per heavy atom. The Bertz CT molecular complexity index is 477. The summed E-state index contributed by atoms with van der Waals surface area (Å²) in [6.45, 7) is 7.55. The van der Waals surface area contributed by atoms with Crippen LogP contribution in [0.25, 0.3) is 0 Å². The molecule has 0 spiro atoms. The van der Waals surface area contributed by atoms with Crippen molar-refractivity contribution in [3.05, 3.63) is 29.6 Å². The molecule has 0 unspecified atom stereocenters. The summed E-state index contributed by atoms with van der Waals surface area (Å²) in [6.07, 6.45) is 3.82. The van der Waals surface area contributed by atoms with E-state index >= 15 is 0 Å². The minimum Gasteiger partial charge on any atom is -0.462 e. The molecular formula is C15H21NO4. The van der Waals surface area contributed by atoms with Crippen LogP contribution in [0.3, 0.4) is 0 Å². The van der Waals surface area contributed by atoms with Crippen LogP contribution in [-0.4, -0.2) is 29.1 Å². The molecule has 5 nitrogen and oxygen atoms in total. The molecule has 1 aromatic heterocycles. The van der Waals surface area contributed by atoms with Crippen molar-refractivity contribution in [3.63, 3.8) is 0 Å². The maximum absolute atomic E-state index is 11.6. The van der Waals surface area contributed by atoms with Crippen LogP contribution in [0.2, 0.25) is 0 Å². The van der Waals surface area contributed by atoms with E-state index in [2.05, 4.69) is 4.98 Å². The van der Waals surface area contributed by atoms with E-state index in [9.17, 15) is 9.59 Å². The molecule has 1 heterocycles. The molecule has 110 valence electrons. The number of ether oxygens (including phenoxy) is 2. The maximum Gasteiger partial charge on any atom is 0.339 e. The standard InChI is InChI=1S/C15H21NO4/c1-5-19-14(18)12-8-11(9-16-10-12)6-7-13(17)20-15(2,3)4/h8-10H,5-7H2,1-4H3. The topological polar surface area (TPSA) is 65.5 Å². The summed E-state index contributed by atoms with van der Waals surface area (Å²) in [6, 6.07) is 1.69. The molecule has 0 aliphatic heterocycles. The molecule has 0 bridgehead atoms. The van der Waals surface area contributed by atoms with E-state index in [0.29, 0.717) is 18.6 Å². The normalized spacial score (nSPS) is 11.0. The number of nitrogens with zero attached hydrogens (tertiary/aromatic N) is 1. The molecule has 0 N–H and O–H groups in total. The third kappa shape index (κ3) is 5.82. The van der Waals surface area contributed by atoms with Crippen LogP contribution in [-0.2, 0) is 20.7 Å². The molecular weight excluding hydrogens is 258 g/mol. The van der Waals surface area contributed by atoms with Crippen molar-refractivity contribution >= 4 is 11.9 Å². The number of aryl methyl sites for hydroxylation is 1. The summed E-state index contributed by atoms with van der Waals surface area (Å²) < 4.78 is 10.1. The molecule has 0 amide bonds. The van der Waals surface area contributed by atoms with Crippen molar-refractivity contribution in [2.24, 2.45) is 0 Å². The fraction of sp³-hybridized carbons (Fsp3) is 0.533. The number of pyridine rings is 1. The van der Waals surface area contributed by atoms with Crippen LogP contribution in [0.5, 0.6) is 0 Å². The number of aromatic nitrogens is 1. The Kier molecular flexibility index (Phi) is 5.67. The summed E-state index contributed by atoms with van der Waals surface area (Å²) in [4.78, 5) is 27.2. The lowest BCUT2D eigenvalue weighted by atomic mass is 10.1. The third-order valence-electron chi connectivity index (χ3n) is 2.34. The Balaban J connectivity index is 2.59. The highest BCUT2D eigenvalue weighted by atomic mass is 16.6.